The van der Waals surface area contributed by atoms with Crippen LogP contribution in [0.15, 0.2) is 36.4 Å². The van der Waals surface area contributed by atoms with E-state index in [0.717, 1.165) is 12.0 Å². The van der Waals surface area contributed by atoms with Gasteiger partial charge >= 0.3 is 0 Å². The average molecular weight is 518 g/mol. The van der Waals surface area contributed by atoms with Crippen LogP contribution in [-0.4, -0.2) is 53.2 Å². The summed E-state index contributed by atoms with van der Waals surface area (Å²) in [6.45, 7) is 5.77. The molecule has 2 aromatic rings. The molecule has 2 amide bonds. The molecule has 3 aliphatic heterocycles. The van der Waals surface area contributed by atoms with Crippen molar-refractivity contribution in [1.82, 2.24) is 15.1 Å². The number of hydrogen-bond donors (Lipinski definition) is 1. The van der Waals surface area contributed by atoms with Crippen LogP contribution >= 0.6 is 23.2 Å². The summed E-state index contributed by atoms with van der Waals surface area (Å²) in [5, 5.41) is 4.73. The highest BCUT2D eigenvalue weighted by Gasteiger charge is 2.52. The molecule has 7 nitrogen and oxygen atoms in total. The molecule has 1 N–H and O–H groups in total. The number of piperidine rings is 1. The molecular weight excluding hydrogens is 489 g/mol. The lowest BCUT2D eigenvalue weighted by Gasteiger charge is -2.45. The number of rotatable bonds is 5. The predicted octanol–water partition coefficient (Wildman–Crippen LogP) is 4.70. The van der Waals surface area contributed by atoms with E-state index >= 15 is 0 Å². The molecule has 3 aliphatic rings. The van der Waals surface area contributed by atoms with Crippen LogP contribution < -0.4 is 14.8 Å². The third kappa shape index (κ3) is 4.57. The Morgan fingerprint density at radius 3 is 2.49 bits per heavy atom. The van der Waals surface area contributed by atoms with Gasteiger partial charge in [-0.25, -0.2) is 0 Å². The van der Waals surface area contributed by atoms with Gasteiger partial charge in [0.05, 0.1) is 18.2 Å². The summed E-state index contributed by atoms with van der Waals surface area (Å²) in [6.07, 6.45) is 1.98. The highest BCUT2D eigenvalue weighted by molar-refractivity contribution is 6.36. The van der Waals surface area contributed by atoms with Gasteiger partial charge in [-0.1, -0.05) is 43.1 Å². The van der Waals surface area contributed by atoms with Crippen molar-refractivity contribution in [2.75, 3.05) is 19.9 Å². The highest BCUT2D eigenvalue weighted by atomic mass is 35.5. The largest absolute Gasteiger partial charge is 0.454 e. The zero-order valence-corrected chi connectivity index (χ0v) is 21.4. The van der Waals surface area contributed by atoms with E-state index in [1.807, 2.05) is 9.80 Å². The second-order valence-electron chi connectivity index (χ2n) is 9.84. The molecule has 2 aromatic carbocycles. The Morgan fingerprint density at radius 1 is 1.11 bits per heavy atom. The van der Waals surface area contributed by atoms with E-state index in [2.05, 4.69) is 19.2 Å². The minimum Gasteiger partial charge on any atom is -0.454 e. The summed E-state index contributed by atoms with van der Waals surface area (Å²) in [7, 11) is 0. The Morgan fingerprint density at radius 2 is 1.80 bits per heavy atom. The summed E-state index contributed by atoms with van der Waals surface area (Å²) in [5.41, 5.74) is 0.762. The maximum atomic E-state index is 13.6. The average Bonchev–Trinajstić information content (AvgIpc) is 3.39. The van der Waals surface area contributed by atoms with Crippen molar-refractivity contribution in [3.05, 3.63) is 57.6 Å². The van der Waals surface area contributed by atoms with E-state index in [4.69, 9.17) is 32.7 Å². The minimum atomic E-state index is -0.551. The number of fused-ring (bicyclic) bond motifs is 1. The molecule has 3 heterocycles. The number of ether oxygens (including phenoxy) is 2. The van der Waals surface area contributed by atoms with Crippen molar-refractivity contribution in [2.45, 2.75) is 51.4 Å². The lowest BCUT2D eigenvalue weighted by Crippen LogP contribution is -2.59. The number of carbonyl (C=O) groups is 2. The van der Waals surface area contributed by atoms with Crippen molar-refractivity contribution >= 4 is 35.0 Å². The molecule has 2 saturated heterocycles. The van der Waals surface area contributed by atoms with Gasteiger partial charge in [0.15, 0.2) is 11.5 Å². The maximum Gasteiger partial charge on any atom is 0.253 e. The standard InChI is InChI=1S/C26H29Cl2N3O4/c1-16(2)12-21-25(33)31(14-18-19(27)4-3-5-20(18)28)26(29-21)8-10-30(11-9-26)24(32)17-6-7-22-23(13-17)35-15-34-22/h3-7,13,16,21,29H,8-12,14-15H2,1-2H3. The van der Waals surface area contributed by atoms with E-state index in [1.54, 1.807) is 36.4 Å². The van der Waals surface area contributed by atoms with Gasteiger partial charge in [-0.15, -0.1) is 0 Å². The Kier molecular flexibility index (Phi) is 6.59. The topological polar surface area (TPSA) is 71.1 Å². The Hall–Kier alpha value is -2.48. The molecule has 0 aliphatic carbocycles. The van der Waals surface area contributed by atoms with Gasteiger partial charge in [0, 0.05) is 47.1 Å². The van der Waals surface area contributed by atoms with Gasteiger partial charge in [0.1, 0.15) is 0 Å². The Bertz CT molecular complexity index is 1130. The molecule has 186 valence electrons. The quantitative estimate of drug-likeness (QED) is 0.622. The first-order chi connectivity index (χ1) is 16.8. The maximum absolute atomic E-state index is 13.6. The van der Waals surface area contributed by atoms with Crippen LogP contribution in [0.25, 0.3) is 0 Å². The number of carbonyl (C=O) groups excluding carboxylic acids is 2. The number of likely N-dealkylation sites (tertiary alicyclic amines) is 1. The van der Waals surface area contributed by atoms with Crippen molar-refractivity contribution in [1.29, 1.82) is 0 Å². The van der Waals surface area contributed by atoms with E-state index in [1.165, 1.54) is 0 Å². The molecule has 1 atom stereocenters. The molecule has 2 fully saturated rings. The summed E-state index contributed by atoms with van der Waals surface area (Å²) in [4.78, 5) is 30.5. The lowest BCUT2D eigenvalue weighted by atomic mass is 9.94. The zero-order valence-electron chi connectivity index (χ0n) is 19.9. The molecule has 0 bridgehead atoms. The fraction of sp³-hybridized carbons (Fsp3) is 0.462. The van der Waals surface area contributed by atoms with Crippen molar-refractivity contribution in [2.24, 2.45) is 5.92 Å². The van der Waals surface area contributed by atoms with Crippen LogP contribution in [0.5, 0.6) is 11.5 Å². The van der Waals surface area contributed by atoms with Gasteiger partial charge in [0.25, 0.3) is 5.91 Å². The van der Waals surface area contributed by atoms with E-state index < -0.39 is 5.66 Å². The Labute approximate surface area is 215 Å². The second kappa shape index (κ2) is 9.52. The summed E-state index contributed by atoms with van der Waals surface area (Å²) < 4.78 is 10.8. The first-order valence-corrected chi connectivity index (χ1v) is 12.7. The third-order valence-corrected chi connectivity index (χ3v) is 7.81. The van der Waals surface area contributed by atoms with Crippen molar-refractivity contribution in [3.63, 3.8) is 0 Å². The zero-order chi connectivity index (χ0) is 24.7. The summed E-state index contributed by atoms with van der Waals surface area (Å²) >= 11 is 12.9. The number of benzene rings is 2. The Balaban J connectivity index is 1.36. The molecule has 5 rings (SSSR count). The highest BCUT2D eigenvalue weighted by Crippen LogP contribution is 2.38. The number of nitrogens with zero attached hydrogens (tertiary/aromatic N) is 2. The fourth-order valence-corrected chi connectivity index (χ4v) is 5.79. The van der Waals surface area contributed by atoms with Crippen molar-refractivity contribution < 1.29 is 19.1 Å². The molecule has 0 aromatic heterocycles. The first kappa shape index (κ1) is 24.2. The molecule has 1 unspecified atom stereocenters. The predicted molar refractivity (Wildman–Crippen MR) is 134 cm³/mol. The van der Waals surface area contributed by atoms with Crippen LogP contribution in [0.3, 0.4) is 0 Å². The second-order valence-corrected chi connectivity index (χ2v) is 10.7. The molecule has 35 heavy (non-hydrogen) atoms. The van der Waals surface area contributed by atoms with Crippen LogP contribution in [0, 0.1) is 5.92 Å². The van der Waals surface area contributed by atoms with Crippen LogP contribution in [0.2, 0.25) is 10.0 Å². The van der Waals surface area contributed by atoms with Gasteiger partial charge < -0.3 is 19.3 Å². The molecule has 0 radical (unpaired) electrons. The number of amides is 2. The molecule has 9 heteroatoms. The van der Waals surface area contributed by atoms with Crippen LogP contribution in [0.4, 0.5) is 0 Å². The SMILES string of the molecule is CC(C)CC1NC2(CCN(C(=O)c3ccc4c(c3)OCO4)CC2)N(Cc2c(Cl)cccc2Cl)C1=O. The number of hydrogen-bond acceptors (Lipinski definition) is 5. The van der Waals surface area contributed by atoms with E-state index in [0.29, 0.717) is 65.5 Å². The lowest BCUT2D eigenvalue weighted by molar-refractivity contribution is -0.134. The molecule has 0 saturated carbocycles. The normalized spacial score (nSPS) is 20.8. The molecule has 1 spiro atoms. The van der Waals surface area contributed by atoms with Crippen LogP contribution in [-0.2, 0) is 11.3 Å². The summed E-state index contributed by atoms with van der Waals surface area (Å²) in [5.74, 6) is 1.61. The monoisotopic (exact) mass is 517 g/mol. The van der Waals surface area contributed by atoms with Gasteiger partial charge in [-0.3, -0.25) is 14.9 Å². The molecular formula is C26H29Cl2N3O4. The number of halogens is 2. The van der Waals surface area contributed by atoms with E-state index in [9.17, 15) is 9.59 Å². The van der Waals surface area contributed by atoms with Gasteiger partial charge in [-0.2, -0.15) is 0 Å². The first-order valence-electron chi connectivity index (χ1n) is 12.0. The van der Waals surface area contributed by atoms with Gasteiger partial charge in [-0.05, 0) is 42.7 Å². The van der Waals surface area contributed by atoms with Crippen LogP contribution in [0.1, 0.15) is 49.0 Å². The van der Waals surface area contributed by atoms with Crippen molar-refractivity contribution in [3.8, 4) is 11.5 Å². The summed E-state index contributed by atoms with van der Waals surface area (Å²) in [6, 6.07) is 10.4. The van der Waals surface area contributed by atoms with E-state index in [-0.39, 0.29) is 24.6 Å². The smallest absolute Gasteiger partial charge is 0.253 e. The van der Waals surface area contributed by atoms with Gasteiger partial charge in [0.2, 0.25) is 12.7 Å². The fourth-order valence-electron chi connectivity index (χ4n) is 5.27. The number of nitrogens with one attached hydrogen (secondary N) is 1. The minimum absolute atomic E-state index is 0.0538. The third-order valence-electron chi connectivity index (χ3n) is 7.11.